The maximum absolute atomic E-state index is 10.7. The summed E-state index contributed by atoms with van der Waals surface area (Å²) in [4.78, 5) is 15.3. The third kappa shape index (κ3) is 2.50. The second-order valence-electron chi connectivity index (χ2n) is 5.89. The van der Waals surface area contributed by atoms with E-state index in [1.54, 1.807) is 12.1 Å². The van der Waals surface area contributed by atoms with Crippen molar-refractivity contribution in [2.75, 3.05) is 24.5 Å². The number of rotatable bonds is 3. The number of nitrogens with zero attached hydrogens (tertiary/aromatic N) is 3. The Morgan fingerprint density at radius 1 is 1.20 bits per heavy atom. The second-order valence-corrected chi connectivity index (χ2v) is 5.89. The second kappa shape index (κ2) is 5.40. The van der Waals surface area contributed by atoms with Crippen molar-refractivity contribution in [3.63, 3.8) is 0 Å². The summed E-state index contributed by atoms with van der Waals surface area (Å²) in [5.41, 5.74) is 1.27. The van der Waals surface area contributed by atoms with Gasteiger partial charge in [0.1, 0.15) is 0 Å². The van der Waals surface area contributed by atoms with Gasteiger partial charge in [-0.25, -0.2) is 0 Å². The van der Waals surface area contributed by atoms with Crippen molar-refractivity contribution >= 4 is 11.4 Å². The Hall–Kier alpha value is -1.62. The molecule has 2 atom stereocenters. The molecule has 0 amide bonds. The molecule has 0 radical (unpaired) electrons. The van der Waals surface area contributed by atoms with Gasteiger partial charge in [0, 0.05) is 43.0 Å². The fraction of sp³-hybridized carbons (Fsp3) is 0.600. The van der Waals surface area contributed by atoms with Crippen LogP contribution < -0.4 is 4.90 Å². The summed E-state index contributed by atoms with van der Waals surface area (Å²) in [6.45, 7) is 5.63. The molecule has 2 aliphatic heterocycles. The fourth-order valence-corrected chi connectivity index (χ4v) is 3.53. The number of non-ortho nitro benzene ring substituents is 1. The summed E-state index contributed by atoms with van der Waals surface area (Å²) < 4.78 is 0. The Kier molecular flexibility index (Phi) is 3.61. The predicted molar refractivity (Wildman–Crippen MR) is 79.1 cm³/mol. The first kappa shape index (κ1) is 13.4. The summed E-state index contributed by atoms with van der Waals surface area (Å²) in [7, 11) is 0. The highest BCUT2D eigenvalue weighted by Crippen LogP contribution is 2.28. The molecule has 0 saturated carbocycles. The molecule has 2 heterocycles. The smallest absolute Gasteiger partial charge is 0.269 e. The number of anilines is 1. The topological polar surface area (TPSA) is 49.6 Å². The van der Waals surface area contributed by atoms with Crippen LogP contribution in [0.2, 0.25) is 0 Å². The highest BCUT2D eigenvalue weighted by molar-refractivity contribution is 5.51. The largest absolute Gasteiger partial charge is 0.370 e. The summed E-state index contributed by atoms with van der Waals surface area (Å²) >= 11 is 0. The molecular weight excluding hydrogens is 254 g/mol. The Bertz CT molecular complexity index is 488. The van der Waals surface area contributed by atoms with Gasteiger partial charge in [-0.3, -0.25) is 15.0 Å². The van der Waals surface area contributed by atoms with Gasteiger partial charge in [0.25, 0.3) is 5.69 Å². The molecule has 0 bridgehead atoms. The van der Waals surface area contributed by atoms with Crippen LogP contribution >= 0.6 is 0 Å². The molecule has 5 heteroatoms. The van der Waals surface area contributed by atoms with E-state index in [0.29, 0.717) is 12.1 Å². The van der Waals surface area contributed by atoms with Gasteiger partial charge in [-0.2, -0.15) is 0 Å². The van der Waals surface area contributed by atoms with E-state index in [1.807, 2.05) is 12.1 Å². The van der Waals surface area contributed by atoms with Gasteiger partial charge in [0.15, 0.2) is 0 Å². The average molecular weight is 275 g/mol. The number of likely N-dealkylation sites (tertiary alicyclic amines) is 1. The molecular formula is C15H21N3O2. The number of hydrogen-bond donors (Lipinski definition) is 0. The predicted octanol–water partition coefficient (Wildman–Crippen LogP) is 2.66. The van der Waals surface area contributed by atoms with Crippen molar-refractivity contribution in [2.24, 2.45) is 0 Å². The third-order valence-electron chi connectivity index (χ3n) is 4.66. The molecule has 2 saturated heterocycles. The number of nitro groups is 1. The lowest BCUT2D eigenvalue weighted by atomic mass is 10.2. The highest BCUT2D eigenvalue weighted by atomic mass is 16.6. The molecule has 5 nitrogen and oxygen atoms in total. The SMILES string of the molecule is CC1CCCN1C1CCN(c2ccc([N+](=O)[O-])cc2)C1. The van der Waals surface area contributed by atoms with Gasteiger partial charge in [0.2, 0.25) is 0 Å². The monoisotopic (exact) mass is 275 g/mol. The van der Waals surface area contributed by atoms with Gasteiger partial charge in [-0.15, -0.1) is 0 Å². The summed E-state index contributed by atoms with van der Waals surface area (Å²) in [6, 6.07) is 8.28. The van der Waals surface area contributed by atoms with E-state index in [1.165, 1.54) is 25.8 Å². The van der Waals surface area contributed by atoms with Crippen molar-refractivity contribution < 1.29 is 4.92 Å². The molecule has 0 aromatic heterocycles. The van der Waals surface area contributed by atoms with E-state index >= 15 is 0 Å². The summed E-state index contributed by atoms with van der Waals surface area (Å²) in [6.07, 6.45) is 3.82. The van der Waals surface area contributed by atoms with Gasteiger partial charge in [-0.1, -0.05) is 0 Å². The van der Waals surface area contributed by atoms with Crippen LogP contribution in [0.1, 0.15) is 26.2 Å². The van der Waals surface area contributed by atoms with Crippen LogP contribution in [0.25, 0.3) is 0 Å². The molecule has 20 heavy (non-hydrogen) atoms. The minimum absolute atomic E-state index is 0.165. The van der Waals surface area contributed by atoms with E-state index < -0.39 is 0 Å². The third-order valence-corrected chi connectivity index (χ3v) is 4.66. The van der Waals surface area contributed by atoms with Crippen molar-refractivity contribution in [1.29, 1.82) is 0 Å². The van der Waals surface area contributed by atoms with Gasteiger partial charge in [-0.05, 0) is 44.9 Å². The molecule has 108 valence electrons. The quantitative estimate of drug-likeness (QED) is 0.628. The standard InChI is InChI=1S/C15H21N3O2/c1-12-3-2-9-17(12)15-8-10-16(11-15)13-4-6-14(7-5-13)18(19)20/h4-7,12,15H,2-3,8-11H2,1H3. The molecule has 1 aromatic carbocycles. The summed E-state index contributed by atoms with van der Waals surface area (Å²) in [5.74, 6) is 0. The van der Waals surface area contributed by atoms with Crippen LogP contribution in [-0.2, 0) is 0 Å². The minimum Gasteiger partial charge on any atom is -0.370 e. The van der Waals surface area contributed by atoms with Crippen LogP contribution in [0.5, 0.6) is 0 Å². The normalized spacial score (nSPS) is 27.1. The van der Waals surface area contributed by atoms with E-state index in [0.717, 1.165) is 18.8 Å². The number of nitro benzene ring substituents is 1. The molecule has 0 aliphatic carbocycles. The average Bonchev–Trinajstić information content (AvgIpc) is 3.07. The zero-order valence-corrected chi connectivity index (χ0v) is 11.9. The molecule has 0 N–H and O–H groups in total. The fourth-order valence-electron chi connectivity index (χ4n) is 3.53. The molecule has 2 unspecified atom stereocenters. The lowest BCUT2D eigenvalue weighted by Crippen LogP contribution is -2.39. The molecule has 0 spiro atoms. The first-order valence-electron chi connectivity index (χ1n) is 7.40. The Labute approximate surface area is 119 Å². The Morgan fingerprint density at radius 2 is 1.95 bits per heavy atom. The molecule has 1 aromatic rings. The zero-order chi connectivity index (χ0) is 14.1. The van der Waals surface area contributed by atoms with Gasteiger partial charge in [0.05, 0.1) is 4.92 Å². The van der Waals surface area contributed by atoms with Crippen molar-refractivity contribution in [3.05, 3.63) is 34.4 Å². The molecule has 2 aliphatic rings. The highest BCUT2D eigenvalue weighted by Gasteiger charge is 2.32. The number of benzene rings is 1. The molecule has 3 rings (SSSR count). The van der Waals surface area contributed by atoms with E-state index in [-0.39, 0.29) is 10.6 Å². The van der Waals surface area contributed by atoms with E-state index in [4.69, 9.17) is 0 Å². The van der Waals surface area contributed by atoms with Crippen LogP contribution in [0.3, 0.4) is 0 Å². The maximum atomic E-state index is 10.7. The van der Waals surface area contributed by atoms with Crippen LogP contribution in [0.15, 0.2) is 24.3 Å². The lowest BCUT2D eigenvalue weighted by molar-refractivity contribution is -0.384. The number of hydrogen-bond acceptors (Lipinski definition) is 4. The van der Waals surface area contributed by atoms with E-state index in [2.05, 4.69) is 16.7 Å². The minimum atomic E-state index is -0.345. The van der Waals surface area contributed by atoms with Crippen LogP contribution in [0.4, 0.5) is 11.4 Å². The van der Waals surface area contributed by atoms with E-state index in [9.17, 15) is 10.1 Å². The van der Waals surface area contributed by atoms with Crippen LogP contribution in [-0.4, -0.2) is 41.5 Å². The van der Waals surface area contributed by atoms with Crippen molar-refractivity contribution in [3.8, 4) is 0 Å². The van der Waals surface area contributed by atoms with Crippen molar-refractivity contribution in [1.82, 2.24) is 4.90 Å². The Balaban J connectivity index is 1.66. The maximum Gasteiger partial charge on any atom is 0.269 e. The van der Waals surface area contributed by atoms with Gasteiger partial charge >= 0.3 is 0 Å². The van der Waals surface area contributed by atoms with Gasteiger partial charge < -0.3 is 4.90 Å². The Morgan fingerprint density at radius 3 is 2.55 bits per heavy atom. The first-order chi connectivity index (χ1) is 9.65. The first-order valence-corrected chi connectivity index (χ1v) is 7.40. The lowest BCUT2D eigenvalue weighted by Gasteiger charge is -2.28. The molecule has 2 fully saturated rings. The van der Waals surface area contributed by atoms with Crippen molar-refractivity contribution in [2.45, 2.75) is 38.3 Å². The zero-order valence-electron chi connectivity index (χ0n) is 11.9. The summed E-state index contributed by atoms with van der Waals surface area (Å²) in [5, 5.41) is 10.7. The van der Waals surface area contributed by atoms with Crippen LogP contribution in [0, 0.1) is 10.1 Å².